The van der Waals surface area contributed by atoms with Gasteiger partial charge in [-0.15, -0.1) is 0 Å². The standard InChI is InChI=1S/C19H21N3O3/c1-14(12-17(23)18-4-2-11-25-18)21-19(24)16-7-5-15(6-8-16)13-22-10-3-9-20-22/h2-11,14,17,23H,12-13H2,1H3,(H,21,24). The van der Waals surface area contributed by atoms with Crippen molar-refractivity contribution in [3.8, 4) is 0 Å². The maximum absolute atomic E-state index is 12.3. The third-order valence-corrected chi connectivity index (χ3v) is 3.95. The van der Waals surface area contributed by atoms with Gasteiger partial charge < -0.3 is 14.8 Å². The molecule has 0 radical (unpaired) electrons. The zero-order valence-corrected chi connectivity index (χ0v) is 14.0. The van der Waals surface area contributed by atoms with Crippen molar-refractivity contribution in [1.29, 1.82) is 0 Å². The molecular formula is C19H21N3O3. The van der Waals surface area contributed by atoms with Gasteiger partial charge in [-0.2, -0.15) is 5.10 Å². The zero-order valence-electron chi connectivity index (χ0n) is 14.0. The molecule has 0 bridgehead atoms. The highest BCUT2D eigenvalue weighted by atomic mass is 16.4. The molecule has 6 heteroatoms. The van der Waals surface area contributed by atoms with Crippen LogP contribution in [0.25, 0.3) is 0 Å². The van der Waals surface area contributed by atoms with Crippen LogP contribution < -0.4 is 5.32 Å². The van der Waals surface area contributed by atoms with E-state index in [9.17, 15) is 9.90 Å². The molecule has 2 aromatic heterocycles. The molecule has 0 fully saturated rings. The minimum Gasteiger partial charge on any atom is -0.467 e. The topological polar surface area (TPSA) is 80.3 Å². The summed E-state index contributed by atoms with van der Waals surface area (Å²) in [6, 6.07) is 12.6. The Labute approximate surface area is 146 Å². The van der Waals surface area contributed by atoms with Gasteiger partial charge in [-0.1, -0.05) is 12.1 Å². The number of aliphatic hydroxyl groups is 1. The molecule has 2 atom stereocenters. The number of hydrogen-bond donors (Lipinski definition) is 2. The summed E-state index contributed by atoms with van der Waals surface area (Å²) >= 11 is 0. The van der Waals surface area contributed by atoms with Crippen molar-refractivity contribution in [2.75, 3.05) is 0 Å². The lowest BCUT2D eigenvalue weighted by Gasteiger charge is -2.17. The van der Waals surface area contributed by atoms with Crippen molar-refractivity contribution in [1.82, 2.24) is 15.1 Å². The van der Waals surface area contributed by atoms with E-state index in [1.165, 1.54) is 6.26 Å². The number of aromatic nitrogens is 2. The second kappa shape index (κ2) is 7.81. The van der Waals surface area contributed by atoms with Gasteiger partial charge in [-0.05, 0) is 42.8 Å². The van der Waals surface area contributed by atoms with Crippen LogP contribution in [0.4, 0.5) is 0 Å². The lowest BCUT2D eigenvalue weighted by Crippen LogP contribution is -2.33. The van der Waals surface area contributed by atoms with E-state index in [0.717, 1.165) is 5.56 Å². The molecule has 130 valence electrons. The van der Waals surface area contributed by atoms with E-state index in [4.69, 9.17) is 4.42 Å². The molecule has 0 aliphatic carbocycles. The number of benzene rings is 1. The first-order valence-electron chi connectivity index (χ1n) is 8.20. The van der Waals surface area contributed by atoms with Gasteiger partial charge in [-0.25, -0.2) is 0 Å². The van der Waals surface area contributed by atoms with Crippen LogP contribution in [0.3, 0.4) is 0 Å². The maximum atomic E-state index is 12.3. The van der Waals surface area contributed by atoms with Crippen LogP contribution in [0.15, 0.2) is 65.5 Å². The maximum Gasteiger partial charge on any atom is 0.251 e. The molecule has 2 unspecified atom stereocenters. The molecule has 0 aliphatic heterocycles. The molecule has 6 nitrogen and oxygen atoms in total. The van der Waals surface area contributed by atoms with E-state index in [1.54, 1.807) is 30.5 Å². The zero-order chi connectivity index (χ0) is 17.6. The van der Waals surface area contributed by atoms with E-state index < -0.39 is 6.10 Å². The first kappa shape index (κ1) is 17.0. The number of nitrogens with zero attached hydrogens (tertiary/aromatic N) is 2. The monoisotopic (exact) mass is 339 g/mol. The van der Waals surface area contributed by atoms with Crippen LogP contribution in [-0.4, -0.2) is 26.8 Å². The molecule has 0 aliphatic rings. The molecule has 0 saturated heterocycles. The third-order valence-electron chi connectivity index (χ3n) is 3.95. The van der Waals surface area contributed by atoms with Crippen LogP contribution in [0.1, 0.15) is 41.1 Å². The highest BCUT2D eigenvalue weighted by Crippen LogP contribution is 2.18. The summed E-state index contributed by atoms with van der Waals surface area (Å²) in [5, 5.41) is 17.1. The predicted octanol–water partition coefficient (Wildman–Crippen LogP) is 2.77. The number of carbonyl (C=O) groups is 1. The molecule has 1 aromatic carbocycles. The van der Waals surface area contributed by atoms with Crippen LogP contribution >= 0.6 is 0 Å². The Morgan fingerprint density at radius 1 is 1.28 bits per heavy atom. The van der Waals surface area contributed by atoms with Crippen LogP contribution in [-0.2, 0) is 6.54 Å². The third kappa shape index (κ3) is 4.58. The molecule has 25 heavy (non-hydrogen) atoms. The van der Waals surface area contributed by atoms with Crippen LogP contribution in [0.2, 0.25) is 0 Å². The first-order chi connectivity index (χ1) is 12.1. The fraction of sp³-hybridized carbons (Fsp3) is 0.263. The molecule has 0 saturated carbocycles. The van der Waals surface area contributed by atoms with Gasteiger partial charge in [-0.3, -0.25) is 9.48 Å². The van der Waals surface area contributed by atoms with Crippen molar-refractivity contribution in [3.05, 3.63) is 78.0 Å². The normalized spacial score (nSPS) is 13.4. The number of hydrogen-bond acceptors (Lipinski definition) is 4. The van der Waals surface area contributed by atoms with Gasteiger partial charge in [0.05, 0.1) is 12.8 Å². The van der Waals surface area contributed by atoms with Crippen LogP contribution in [0, 0.1) is 0 Å². The Morgan fingerprint density at radius 3 is 2.72 bits per heavy atom. The van der Waals surface area contributed by atoms with Crippen molar-refractivity contribution in [3.63, 3.8) is 0 Å². The Balaban J connectivity index is 1.53. The summed E-state index contributed by atoms with van der Waals surface area (Å²) in [4.78, 5) is 12.3. The minimum absolute atomic E-state index is 0.162. The smallest absolute Gasteiger partial charge is 0.251 e. The Morgan fingerprint density at radius 2 is 2.08 bits per heavy atom. The number of rotatable bonds is 7. The molecule has 2 heterocycles. The second-order valence-corrected chi connectivity index (χ2v) is 6.04. The minimum atomic E-state index is -0.734. The Hall–Kier alpha value is -2.86. The molecule has 3 rings (SSSR count). The summed E-state index contributed by atoms with van der Waals surface area (Å²) in [5.74, 6) is 0.342. The largest absolute Gasteiger partial charge is 0.467 e. The van der Waals surface area contributed by atoms with E-state index in [1.807, 2.05) is 36.0 Å². The fourth-order valence-corrected chi connectivity index (χ4v) is 2.64. The van der Waals surface area contributed by atoms with Crippen molar-refractivity contribution in [2.45, 2.75) is 32.0 Å². The molecular weight excluding hydrogens is 318 g/mol. The van der Waals surface area contributed by atoms with E-state index in [0.29, 0.717) is 24.3 Å². The summed E-state index contributed by atoms with van der Waals surface area (Å²) in [5.41, 5.74) is 1.66. The summed E-state index contributed by atoms with van der Waals surface area (Å²) in [6.45, 7) is 2.52. The molecule has 1 amide bonds. The van der Waals surface area contributed by atoms with Crippen LogP contribution in [0.5, 0.6) is 0 Å². The quantitative estimate of drug-likeness (QED) is 0.694. The molecule has 0 spiro atoms. The number of carbonyl (C=O) groups excluding carboxylic acids is 1. The number of aliphatic hydroxyl groups excluding tert-OH is 1. The number of amides is 1. The van der Waals surface area contributed by atoms with Gasteiger partial charge in [0.25, 0.3) is 5.91 Å². The van der Waals surface area contributed by atoms with E-state index in [2.05, 4.69) is 10.4 Å². The lowest BCUT2D eigenvalue weighted by atomic mass is 10.1. The first-order valence-corrected chi connectivity index (χ1v) is 8.20. The lowest BCUT2D eigenvalue weighted by molar-refractivity contribution is 0.0903. The van der Waals surface area contributed by atoms with Crippen molar-refractivity contribution >= 4 is 5.91 Å². The van der Waals surface area contributed by atoms with Crippen molar-refractivity contribution < 1.29 is 14.3 Å². The van der Waals surface area contributed by atoms with Gasteiger partial charge in [0.15, 0.2) is 0 Å². The van der Waals surface area contributed by atoms with Gasteiger partial charge in [0.2, 0.25) is 0 Å². The highest BCUT2D eigenvalue weighted by Gasteiger charge is 2.17. The van der Waals surface area contributed by atoms with Gasteiger partial charge in [0, 0.05) is 30.4 Å². The van der Waals surface area contributed by atoms with Crippen molar-refractivity contribution in [2.24, 2.45) is 0 Å². The average Bonchev–Trinajstić information content (AvgIpc) is 3.29. The summed E-state index contributed by atoms with van der Waals surface area (Å²) in [7, 11) is 0. The second-order valence-electron chi connectivity index (χ2n) is 6.04. The molecule has 3 aromatic rings. The van der Waals surface area contributed by atoms with Gasteiger partial charge >= 0.3 is 0 Å². The number of nitrogens with one attached hydrogen (secondary N) is 1. The summed E-state index contributed by atoms with van der Waals surface area (Å²) < 4.78 is 7.00. The SMILES string of the molecule is CC(CC(O)c1ccco1)NC(=O)c1ccc(Cn2cccn2)cc1. The van der Waals surface area contributed by atoms with E-state index >= 15 is 0 Å². The molecule has 2 N–H and O–H groups in total. The fourth-order valence-electron chi connectivity index (χ4n) is 2.64. The highest BCUT2D eigenvalue weighted by molar-refractivity contribution is 5.94. The van der Waals surface area contributed by atoms with Gasteiger partial charge in [0.1, 0.15) is 11.9 Å². The van der Waals surface area contributed by atoms with E-state index in [-0.39, 0.29) is 11.9 Å². The average molecular weight is 339 g/mol. The predicted molar refractivity (Wildman–Crippen MR) is 93.0 cm³/mol. The summed E-state index contributed by atoms with van der Waals surface area (Å²) in [6.07, 6.45) is 4.80. The Bertz CT molecular complexity index is 780. The Kier molecular flexibility index (Phi) is 5.30. The number of furan rings is 1.